The smallest absolute Gasteiger partial charge is 0.143 e. The summed E-state index contributed by atoms with van der Waals surface area (Å²) in [4.78, 5) is 0. The number of fused-ring (bicyclic) bond motifs is 3. The Morgan fingerprint density at radius 1 is 0.387 bits per heavy atom. The van der Waals surface area contributed by atoms with Crippen molar-refractivity contribution < 1.29 is 4.42 Å². The highest BCUT2D eigenvalue weighted by Gasteiger charge is 2.11. The fourth-order valence-electron chi connectivity index (χ4n) is 4.33. The second-order valence-electron chi connectivity index (χ2n) is 7.80. The van der Waals surface area contributed by atoms with E-state index < -0.39 is 0 Å². The molecular formula is C30H20O. The van der Waals surface area contributed by atoms with Gasteiger partial charge in [-0.25, -0.2) is 0 Å². The van der Waals surface area contributed by atoms with E-state index in [0.717, 1.165) is 33.1 Å². The summed E-state index contributed by atoms with van der Waals surface area (Å²) in [6.45, 7) is 0. The zero-order valence-corrected chi connectivity index (χ0v) is 17.0. The Morgan fingerprint density at radius 3 is 1.77 bits per heavy atom. The molecule has 0 aliphatic carbocycles. The van der Waals surface area contributed by atoms with Crippen molar-refractivity contribution in [2.24, 2.45) is 0 Å². The van der Waals surface area contributed by atoms with Crippen LogP contribution in [0.2, 0.25) is 0 Å². The molecule has 0 N–H and O–H groups in total. The first kappa shape index (κ1) is 17.7. The third-order valence-corrected chi connectivity index (χ3v) is 5.90. The Labute approximate surface area is 181 Å². The lowest BCUT2D eigenvalue weighted by atomic mass is 9.96. The number of hydrogen-bond donors (Lipinski definition) is 0. The van der Waals surface area contributed by atoms with Crippen LogP contribution in [-0.2, 0) is 0 Å². The fourth-order valence-corrected chi connectivity index (χ4v) is 4.33. The molecular weight excluding hydrogens is 376 g/mol. The Kier molecular flexibility index (Phi) is 4.18. The SMILES string of the molecule is c1ccc(-c2cccc(-c3ccc(-c4cccc5c4oc4ccccc45)cc3)c2)cc1. The van der Waals surface area contributed by atoms with Crippen LogP contribution in [-0.4, -0.2) is 0 Å². The lowest BCUT2D eigenvalue weighted by molar-refractivity contribution is 0.670. The molecule has 0 amide bonds. The molecule has 0 saturated heterocycles. The van der Waals surface area contributed by atoms with Crippen LogP contribution >= 0.6 is 0 Å². The summed E-state index contributed by atoms with van der Waals surface area (Å²) in [6, 6.07) is 42.6. The van der Waals surface area contributed by atoms with Crippen LogP contribution in [0.3, 0.4) is 0 Å². The van der Waals surface area contributed by atoms with E-state index >= 15 is 0 Å². The van der Waals surface area contributed by atoms with Crippen molar-refractivity contribution in [3.63, 3.8) is 0 Å². The van der Waals surface area contributed by atoms with Crippen molar-refractivity contribution in [1.29, 1.82) is 0 Å². The monoisotopic (exact) mass is 396 g/mol. The van der Waals surface area contributed by atoms with Gasteiger partial charge in [0.1, 0.15) is 11.2 Å². The maximum atomic E-state index is 6.22. The summed E-state index contributed by atoms with van der Waals surface area (Å²) in [6.07, 6.45) is 0. The van der Waals surface area contributed by atoms with Crippen LogP contribution in [0.5, 0.6) is 0 Å². The Morgan fingerprint density at radius 2 is 0.968 bits per heavy atom. The number of para-hydroxylation sites is 2. The topological polar surface area (TPSA) is 13.1 Å². The molecule has 1 heteroatoms. The number of hydrogen-bond acceptors (Lipinski definition) is 1. The van der Waals surface area contributed by atoms with Gasteiger partial charge in [-0.1, -0.05) is 109 Å². The molecule has 0 aliphatic rings. The molecule has 1 heterocycles. The number of rotatable bonds is 3. The van der Waals surface area contributed by atoms with E-state index in [1.165, 1.54) is 22.3 Å². The third kappa shape index (κ3) is 3.12. The molecule has 1 nitrogen and oxygen atoms in total. The van der Waals surface area contributed by atoms with Crippen LogP contribution in [0.25, 0.3) is 55.3 Å². The normalized spacial score (nSPS) is 11.2. The van der Waals surface area contributed by atoms with Crippen LogP contribution in [0.4, 0.5) is 0 Å². The first-order chi connectivity index (χ1) is 15.4. The number of benzene rings is 5. The van der Waals surface area contributed by atoms with Crippen molar-refractivity contribution >= 4 is 21.9 Å². The van der Waals surface area contributed by atoms with Gasteiger partial charge in [-0.2, -0.15) is 0 Å². The van der Waals surface area contributed by atoms with Crippen molar-refractivity contribution in [2.75, 3.05) is 0 Å². The summed E-state index contributed by atoms with van der Waals surface area (Å²) >= 11 is 0. The average molecular weight is 396 g/mol. The Balaban J connectivity index is 1.40. The lowest BCUT2D eigenvalue weighted by Crippen LogP contribution is -1.83. The molecule has 31 heavy (non-hydrogen) atoms. The summed E-state index contributed by atoms with van der Waals surface area (Å²) in [5, 5.41) is 2.32. The molecule has 5 aromatic carbocycles. The van der Waals surface area contributed by atoms with Crippen molar-refractivity contribution in [2.45, 2.75) is 0 Å². The maximum Gasteiger partial charge on any atom is 0.143 e. The van der Waals surface area contributed by atoms with Gasteiger partial charge in [0.15, 0.2) is 0 Å². The first-order valence-electron chi connectivity index (χ1n) is 10.5. The van der Waals surface area contributed by atoms with E-state index in [1.807, 2.05) is 12.1 Å². The molecule has 0 radical (unpaired) electrons. The minimum atomic E-state index is 0.930. The minimum absolute atomic E-state index is 0.930. The van der Waals surface area contributed by atoms with Crippen molar-refractivity contribution in [1.82, 2.24) is 0 Å². The summed E-state index contributed by atoms with van der Waals surface area (Å²) in [5.41, 5.74) is 9.05. The minimum Gasteiger partial charge on any atom is -0.455 e. The van der Waals surface area contributed by atoms with Gasteiger partial charge in [-0.05, 0) is 39.9 Å². The molecule has 0 spiro atoms. The van der Waals surface area contributed by atoms with E-state index in [4.69, 9.17) is 4.42 Å². The predicted molar refractivity (Wildman–Crippen MR) is 130 cm³/mol. The van der Waals surface area contributed by atoms with Crippen molar-refractivity contribution in [3.05, 3.63) is 121 Å². The molecule has 0 saturated carbocycles. The van der Waals surface area contributed by atoms with Gasteiger partial charge >= 0.3 is 0 Å². The van der Waals surface area contributed by atoms with Gasteiger partial charge in [-0.3, -0.25) is 0 Å². The van der Waals surface area contributed by atoms with Gasteiger partial charge in [0.25, 0.3) is 0 Å². The van der Waals surface area contributed by atoms with Gasteiger partial charge < -0.3 is 4.42 Å². The third-order valence-electron chi connectivity index (χ3n) is 5.90. The van der Waals surface area contributed by atoms with Crippen LogP contribution in [0, 0.1) is 0 Å². The van der Waals surface area contributed by atoms with E-state index in [2.05, 4.69) is 109 Å². The summed E-state index contributed by atoms with van der Waals surface area (Å²) in [5.74, 6) is 0. The second-order valence-corrected chi connectivity index (χ2v) is 7.80. The molecule has 1 aromatic heterocycles. The molecule has 0 fully saturated rings. The standard InChI is InChI=1S/C30H20O/c1-2-8-21(9-3-1)24-10-6-11-25(20-24)22-16-18-23(19-17-22)26-13-7-14-28-27-12-4-5-15-29(27)31-30(26)28/h1-20H. The number of furan rings is 1. The van der Waals surface area contributed by atoms with E-state index in [9.17, 15) is 0 Å². The highest BCUT2D eigenvalue weighted by atomic mass is 16.3. The Bertz CT molecular complexity index is 1510. The zero-order chi connectivity index (χ0) is 20.6. The van der Waals surface area contributed by atoms with Gasteiger partial charge in [0, 0.05) is 16.3 Å². The molecule has 0 atom stereocenters. The highest BCUT2D eigenvalue weighted by molar-refractivity contribution is 6.09. The summed E-state index contributed by atoms with van der Waals surface area (Å²) in [7, 11) is 0. The van der Waals surface area contributed by atoms with Crippen LogP contribution < -0.4 is 0 Å². The van der Waals surface area contributed by atoms with Gasteiger partial charge in [-0.15, -0.1) is 0 Å². The highest BCUT2D eigenvalue weighted by Crippen LogP contribution is 2.36. The quantitative estimate of drug-likeness (QED) is 0.292. The molecule has 0 bridgehead atoms. The zero-order valence-electron chi connectivity index (χ0n) is 17.0. The van der Waals surface area contributed by atoms with E-state index in [1.54, 1.807) is 0 Å². The lowest BCUT2D eigenvalue weighted by Gasteiger charge is -2.08. The average Bonchev–Trinajstić information content (AvgIpc) is 3.24. The van der Waals surface area contributed by atoms with Crippen LogP contribution in [0.15, 0.2) is 126 Å². The van der Waals surface area contributed by atoms with Gasteiger partial charge in [0.05, 0.1) is 0 Å². The van der Waals surface area contributed by atoms with Crippen molar-refractivity contribution in [3.8, 4) is 33.4 Å². The fraction of sp³-hybridized carbons (Fsp3) is 0. The second kappa shape index (κ2) is 7.30. The largest absolute Gasteiger partial charge is 0.455 e. The first-order valence-corrected chi connectivity index (χ1v) is 10.5. The van der Waals surface area contributed by atoms with E-state index in [0.29, 0.717) is 0 Å². The molecule has 6 rings (SSSR count). The molecule has 0 unspecified atom stereocenters. The van der Waals surface area contributed by atoms with Crippen LogP contribution in [0.1, 0.15) is 0 Å². The molecule has 6 aromatic rings. The summed E-state index contributed by atoms with van der Waals surface area (Å²) < 4.78 is 6.22. The molecule has 0 aliphatic heterocycles. The Hall–Kier alpha value is -4.10. The van der Waals surface area contributed by atoms with E-state index in [-0.39, 0.29) is 0 Å². The predicted octanol–water partition coefficient (Wildman–Crippen LogP) is 8.59. The maximum absolute atomic E-state index is 6.22. The van der Waals surface area contributed by atoms with Gasteiger partial charge in [0.2, 0.25) is 0 Å². The molecule has 146 valence electrons.